The second-order valence-corrected chi connectivity index (χ2v) is 8.35. The van der Waals surface area contributed by atoms with Gasteiger partial charge in [0.15, 0.2) is 0 Å². The van der Waals surface area contributed by atoms with Crippen LogP contribution in [0.25, 0.3) is 0 Å². The minimum absolute atomic E-state index is 0.00556. The SMILES string of the molecule is CN(C)CC1(c2cccc(CN3Cc4cc(Cl)cc(N)c4C3=O)c2)CC1. The Morgan fingerprint density at radius 2 is 2.00 bits per heavy atom. The molecule has 136 valence electrons. The summed E-state index contributed by atoms with van der Waals surface area (Å²) in [5, 5.41) is 0.581. The molecule has 1 amide bonds. The van der Waals surface area contributed by atoms with Crippen molar-refractivity contribution in [2.45, 2.75) is 31.3 Å². The van der Waals surface area contributed by atoms with Crippen LogP contribution in [0.15, 0.2) is 36.4 Å². The van der Waals surface area contributed by atoms with E-state index in [0.717, 1.165) is 12.1 Å². The summed E-state index contributed by atoms with van der Waals surface area (Å²) in [6, 6.07) is 12.2. The Balaban J connectivity index is 1.55. The molecule has 0 spiro atoms. The molecule has 2 aliphatic rings. The van der Waals surface area contributed by atoms with Gasteiger partial charge in [-0.3, -0.25) is 4.79 Å². The molecule has 1 aliphatic carbocycles. The largest absolute Gasteiger partial charge is 0.398 e. The molecule has 0 saturated heterocycles. The first kappa shape index (κ1) is 17.4. The number of anilines is 1. The molecule has 4 nitrogen and oxygen atoms in total. The molecule has 2 aromatic rings. The standard InChI is InChI=1S/C21H24ClN3O/c1-24(2)13-21(6-7-21)16-5-3-4-14(8-16)11-25-12-15-9-17(22)10-18(23)19(15)20(25)26/h3-5,8-10H,6-7,11-13,23H2,1-2H3. The minimum Gasteiger partial charge on any atom is -0.398 e. The minimum atomic E-state index is -0.00556. The zero-order valence-corrected chi connectivity index (χ0v) is 16.0. The van der Waals surface area contributed by atoms with Gasteiger partial charge >= 0.3 is 0 Å². The molecule has 0 unspecified atom stereocenters. The molecule has 5 heteroatoms. The number of amides is 1. The lowest BCUT2D eigenvalue weighted by Gasteiger charge is -2.22. The van der Waals surface area contributed by atoms with Crippen molar-refractivity contribution in [2.24, 2.45) is 0 Å². The number of fused-ring (bicyclic) bond motifs is 1. The van der Waals surface area contributed by atoms with E-state index >= 15 is 0 Å². The van der Waals surface area contributed by atoms with E-state index in [2.05, 4.69) is 43.3 Å². The second kappa shape index (κ2) is 6.29. The lowest BCUT2D eigenvalue weighted by atomic mass is 9.94. The first-order valence-corrected chi connectivity index (χ1v) is 9.37. The van der Waals surface area contributed by atoms with Gasteiger partial charge < -0.3 is 15.5 Å². The fourth-order valence-electron chi connectivity index (χ4n) is 4.15. The van der Waals surface area contributed by atoms with Crippen molar-refractivity contribution in [2.75, 3.05) is 26.4 Å². The van der Waals surface area contributed by atoms with E-state index in [9.17, 15) is 4.79 Å². The zero-order valence-electron chi connectivity index (χ0n) is 15.3. The Morgan fingerprint density at radius 3 is 2.69 bits per heavy atom. The van der Waals surface area contributed by atoms with Crippen LogP contribution in [0.5, 0.6) is 0 Å². The van der Waals surface area contributed by atoms with E-state index < -0.39 is 0 Å². The number of benzene rings is 2. The summed E-state index contributed by atoms with van der Waals surface area (Å²) in [4.78, 5) is 16.9. The number of likely N-dealkylation sites (N-methyl/N-ethyl adjacent to an activating group) is 1. The predicted octanol–water partition coefficient (Wildman–Crippen LogP) is 3.67. The Labute approximate surface area is 159 Å². The summed E-state index contributed by atoms with van der Waals surface area (Å²) < 4.78 is 0. The third kappa shape index (κ3) is 3.08. The smallest absolute Gasteiger partial charge is 0.256 e. The number of nitrogens with two attached hydrogens (primary N) is 1. The van der Waals surface area contributed by atoms with Crippen LogP contribution in [-0.2, 0) is 18.5 Å². The lowest BCUT2D eigenvalue weighted by Crippen LogP contribution is -2.26. The molecule has 1 saturated carbocycles. The van der Waals surface area contributed by atoms with Gasteiger partial charge in [0.05, 0.1) is 5.56 Å². The number of carbonyl (C=O) groups is 1. The molecule has 4 rings (SSSR count). The van der Waals surface area contributed by atoms with Gasteiger partial charge in [-0.15, -0.1) is 0 Å². The summed E-state index contributed by atoms with van der Waals surface area (Å²) in [7, 11) is 4.25. The third-order valence-electron chi connectivity index (χ3n) is 5.46. The van der Waals surface area contributed by atoms with Gasteiger partial charge in [-0.1, -0.05) is 35.9 Å². The fourth-order valence-corrected chi connectivity index (χ4v) is 4.40. The van der Waals surface area contributed by atoms with Crippen molar-refractivity contribution >= 4 is 23.2 Å². The molecule has 1 fully saturated rings. The van der Waals surface area contributed by atoms with Crippen LogP contribution in [-0.4, -0.2) is 36.3 Å². The highest BCUT2D eigenvalue weighted by Crippen LogP contribution is 2.48. The summed E-state index contributed by atoms with van der Waals surface area (Å²) in [5.74, 6) is -0.00556. The van der Waals surface area contributed by atoms with E-state index in [1.54, 1.807) is 6.07 Å². The van der Waals surface area contributed by atoms with E-state index in [0.29, 0.717) is 29.4 Å². The van der Waals surface area contributed by atoms with Crippen molar-refractivity contribution in [1.29, 1.82) is 0 Å². The Hall–Kier alpha value is -2.04. The number of rotatable bonds is 5. The Morgan fingerprint density at radius 1 is 1.23 bits per heavy atom. The number of carbonyl (C=O) groups excluding carboxylic acids is 1. The summed E-state index contributed by atoms with van der Waals surface area (Å²) in [6.45, 7) is 2.22. The number of nitrogen functional groups attached to an aromatic ring is 1. The van der Waals surface area contributed by atoms with Crippen LogP contribution >= 0.6 is 11.6 Å². The van der Waals surface area contributed by atoms with Gasteiger partial charge in [0.2, 0.25) is 0 Å². The maximum atomic E-state index is 12.8. The van der Waals surface area contributed by atoms with Gasteiger partial charge in [-0.25, -0.2) is 0 Å². The van der Waals surface area contributed by atoms with E-state index in [-0.39, 0.29) is 11.3 Å². The molecule has 0 bridgehead atoms. The van der Waals surface area contributed by atoms with Gasteiger partial charge in [-0.2, -0.15) is 0 Å². The van der Waals surface area contributed by atoms with Crippen molar-refractivity contribution in [1.82, 2.24) is 9.80 Å². The zero-order chi connectivity index (χ0) is 18.5. The molecule has 0 aromatic heterocycles. The van der Waals surface area contributed by atoms with E-state index in [1.165, 1.54) is 24.0 Å². The monoisotopic (exact) mass is 369 g/mol. The molecular formula is C21H24ClN3O. The highest BCUT2D eigenvalue weighted by atomic mass is 35.5. The van der Waals surface area contributed by atoms with Crippen molar-refractivity contribution in [3.8, 4) is 0 Å². The van der Waals surface area contributed by atoms with Crippen LogP contribution in [0.4, 0.5) is 5.69 Å². The molecule has 2 N–H and O–H groups in total. The summed E-state index contributed by atoms with van der Waals surface area (Å²) >= 11 is 6.09. The van der Waals surface area contributed by atoms with Crippen LogP contribution in [0, 0.1) is 0 Å². The molecule has 1 aliphatic heterocycles. The first-order valence-electron chi connectivity index (χ1n) is 8.99. The average Bonchev–Trinajstić information content (AvgIpc) is 3.27. The normalized spacial score (nSPS) is 17.7. The summed E-state index contributed by atoms with van der Waals surface area (Å²) in [6.07, 6.45) is 2.47. The van der Waals surface area contributed by atoms with Gasteiger partial charge in [0, 0.05) is 35.8 Å². The van der Waals surface area contributed by atoms with Gasteiger partial charge in [0.1, 0.15) is 0 Å². The number of nitrogens with zero attached hydrogens (tertiary/aromatic N) is 2. The number of hydrogen-bond acceptors (Lipinski definition) is 3. The maximum absolute atomic E-state index is 12.8. The Kier molecular flexibility index (Phi) is 4.20. The van der Waals surface area contributed by atoms with Crippen molar-refractivity contribution in [3.63, 3.8) is 0 Å². The maximum Gasteiger partial charge on any atom is 0.256 e. The molecule has 1 heterocycles. The van der Waals surface area contributed by atoms with Crippen LogP contribution in [0.3, 0.4) is 0 Å². The van der Waals surface area contributed by atoms with Crippen molar-refractivity contribution in [3.05, 3.63) is 63.7 Å². The lowest BCUT2D eigenvalue weighted by molar-refractivity contribution is 0.0767. The molecule has 2 aromatic carbocycles. The fraction of sp³-hybridized carbons (Fsp3) is 0.381. The molecular weight excluding hydrogens is 346 g/mol. The average molecular weight is 370 g/mol. The molecule has 26 heavy (non-hydrogen) atoms. The third-order valence-corrected chi connectivity index (χ3v) is 5.68. The highest BCUT2D eigenvalue weighted by Gasteiger charge is 2.44. The molecule has 0 radical (unpaired) electrons. The highest BCUT2D eigenvalue weighted by molar-refractivity contribution is 6.31. The van der Waals surface area contributed by atoms with Crippen LogP contribution in [0.1, 0.15) is 39.9 Å². The van der Waals surface area contributed by atoms with E-state index in [4.69, 9.17) is 17.3 Å². The number of hydrogen-bond donors (Lipinski definition) is 1. The summed E-state index contributed by atoms with van der Waals surface area (Å²) in [5.41, 5.74) is 10.9. The van der Waals surface area contributed by atoms with Crippen LogP contribution in [0.2, 0.25) is 5.02 Å². The topological polar surface area (TPSA) is 49.6 Å². The predicted molar refractivity (Wildman–Crippen MR) is 105 cm³/mol. The van der Waals surface area contributed by atoms with E-state index in [1.807, 2.05) is 11.0 Å². The van der Waals surface area contributed by atoms with Crippen LogP contribution < -0.4 is 5.73 Å². The van der Waals surface area contributed by atoms with Gasteiger partial charge in [0.25, 0.3) is 5.91 Å². The van der Waals surface area contributed by atoms with Crippen molar-refractivity contribution < 1.29 is 4.79 Å². The molecule has 0 atom stereocenters. The first-order chi connectivity index (χ1) is 12.4. The number of halogens is 1. The Bertz CT molecular complexity index is 874. The van der Waals surface area contributed by atoms with Gasteiger partial charge in [-0.05, 0) is 55.8 Å². The second-order valence-electron chi connectivity index (χ2n) is 7.91. The quantitative estimate of drug-likeness (QED) is 0.818.